The molecule has 1 aliphatic carbocycles. The monoisotopic (exact) mass is 262 g/mol. The fourth-order valence-corrected chi connectivity index (χ4v) is 3.09. The van der Waals surface area contributed by atoms with Crippen molar-refractivity contribution in [3.8, 4) is 0 Å². The van der Waals surface area contributed by atoms with Crippen LogP contribution in [0, 0.1) is 22.0 Å². The van der Waals surface area contributed by atoms with E-state index in [1.807, 2.05) is 6.07 Å². The third-order valence-corrected chi connectivity index (χ3v) is 4.35. The molecule has 0 spiro atoms. The SMILES string of the molecule is CCC1CCC(N)C(Cc2cccc([N+](=O)[O-])c2)C1. The number of nitro groups is 1. The van der Waals surface area contributed by atoms with E-state index in [0.29, 0.717) is 5.92 Å². The highest BCUT2D eigenvalue weighted by Gasteiger charge is 2.27. The molecule has 2 N–H and O–H groups in total. The van der Waals surface area contributed by atoms with E-state index in [4.69, 9.17) is 5.73 Å². The maximum atomic E-state index is 10.8. The molecule has 0 aliphatic heterocycles. The molecule has 1 fully saturated rings. The second-order valence-corrected chi connectivity index (χ2v) is 5.64. The topological polar surface area (TPSA) is 69.2 Å². The van der Waals surface area contributed by atoms with Crippen LogP contribution in [0.1, 0.15) is 38.2 Å². The molecule has 0 radical (unpaired) electrons. The zero-order valence-corrected chi connectivity index (χ0v) is 11.4. The van der Waals surface area contributed by atoms with E-state index in [9.17, 15) is 10.1 Å². The van der Waals surface area contributed by atoms with Gasteiger partial charge in [0.05, 0.1) is 4.92 Å². The molecule has 19 heavy (non-hydrogen) atoms. The minimum absolute atomic E-state index is 0.175. The molecule has 2 rings (SSSR count). The number of hydrogen-bond donors (Lipinski definition) is 1. The van der Waals surface area contributed by atoms with Crippen LogP contribution >= 0.6 is 0 Å². The highest BCUT2D eigenvalue weighted by atomic mass is 16.6. The van der Waals surface area contributed by atoms with E-state index in [2.05, 4.69) is 6.92 Å². The van der Waals surface area contributed by atoms with Crippen LogP contribution < -0.4 is 5.73 Å². The van der Waals surface area contributed by atoms with Crippen molar-refractivity contribution in [1.29, 1.82) is 0 Å². The van der Waals surface area contributed by atoms with E-state index >= 15 is 0 Å². The average molecular weight is 262 g/mol. The van der Waals surface area contributed by atoms with Gasteiger partial charge in [-0.2, -0.15) is 0 Å². The van der Waals surface area contributed by atoms with Gasteiger partial charge in [0.25, 0.3) is 5.69 Å². The lowest BCUT2D eigenvalue weighted by Crippen LogP contribution is -2.37. The van der Waals surface area contributed by atoms with Gasteiger partial charge in [0.2, 0.25) is 0 Å². The Kier molecular flexibility index (Phi) is 4.53. The van der Waals surface area contributed by atoms with Crippen molar-refractivity contribution in [1.82, 2.24) is 0 Å². The molecule has 3 unspecified atom stereocenters. The predicted molar refractivity (Wildman–Crippen MR) is 75.9 cm³/mol. The van der Waals surface area contributed by atoms with Gasteiger partial charge in [-0.25, -0.2) is 0 Å². The molecule has 1 aromatic carbocycles. The Labute approximate surface area is 114 Å². The molecular weight excluding hydrogens is 240 g/mol. The third-order valence-electron chi connectivity index (χ3n) is 4.35. The smallest absolute Gasteiger partial charge is 0.269 e. The zero-order chi connectivity index (χ0) is 13.8. The zero-order valence-electron chi connectivity index (χ0n) is 11.4. The Morgan fingerprint density at radius 3 is 2.89 bits per heavy atom. The van der Waals surface area contributed by atoms with Gasteiger partial charge < -0.3 is 5.73 Å². The molecule has 1 aromatic rings. The molecule has 0 heterocycles. The first-order valence-electron chi connectivity index (χ1n) is 7.09. The van der Waals surface area contributed by atoms with Crippen LogP contribution in [0.15, 0.2) is 24.3 Å². The molecule has 0 amide bonds. The Bertz CT molecular complexity index is 448. The lowest BCUT2D eigenvalue weighted by atomic mass is 9.75. The summed E-state index contributed by atoms with van der Waals surface area (Å²) in [5.74, 6) is 1.23. The summed E-state index contributed by atoms with van der Waals surface area (Å²) in [6.07, 6.45) is 5.53. The van der Waals surface area contributed by atoms with Gasteiger partial charge in [-0.3, -0.25) is 10.1 Å². The maximum Gasteiger partial charge on any atom is 0.269 e. The van der Waals surface area contributed by atoms with Crippen molar-refractivity contribution in [2.75, 3.05) is 0 Å². The average Bonchev–Trinajstić information content (AvgIpc) is 2.41. The summed E-state index contributed by atoms with van der Waals surface area (Å²) in [6.45, 7) is 2.23. The Morgan fingerprint density at radius 1 is 1.42 bits per heavy atom. The number of nitrogens with zero attached hydrogens (tertiary/aromatic N) is 1. The quantitative estimate of drug-likeness (QED) is 0.668. The van der Waals surface area contributed by atoms with Crippen LogP contribution in [-0.2, 0) is 6.42 Å². The lowest BCUT2D eigenvalue weighted by molar-refractivity contribution is -0.384. The van der Waals surface area contributed by atoms with Crippen molar-refractivity contribution in [3.05, 3.63) is 39.9 Å². The molecule has 104 valence electrons. The highest BCUT2D eigenvalue weighted by Crippen LogP contribution is 2.32. The van der Waals surface area contributed by atoms with Gasteiger partial charge in [-0.05, 0) is 43.1 Å². The maximum absolute atomic E-state index is 10.8. The van der Waals surface area contributed by atoms with Crippen molar-refractivity contribution in [2.24, 2.45) is 17.6 Å². The van der Waals surface area contributed by atoms with Gasteiger partial charge in [0.1, 0.15) is 0 Å². The molecule has 1 saturated carbocycles. The number of nitrogens with two attached hydrogens (primary N) is 1. The van der Waals surface area contributed by atoms with Crippen molar-refractivity contribution in [3.63, 3.8) is 0 Å². The summed E-state index contributed by atoms with van der Waals surface area (Å²) in [5, 5.41) is 10.8. The second kappa shape index (κ2) is 6.15. The Balaban J connectivity index is 2.06. The van der Waals surface area contributed by atoms with Gasteiger partial charge in [0.15, 0.2) is 0 Å². The van der Waals surface area contributed by atoms with E-state index in [-0.39, 0.29) is 16.7 Å². The first-order valence-corrected chi connectivity index (χ1v) is 7.09. The van der Waals surface area contributed by atoms with Crippen LogP contribution in [0.2, 0.25) is 0 Å². The Morgan fingerprint density at radius 2 is 2.21 bits per heavy atom. The van der Waals surface area contributed by atoms with Gasteiger partial charge in [-0.15, -0.1) is 0 Å². The number of hydrogen-bond acceptors (Lipinski definition) is 3. The molecule has 4 nitrogen and oxygen atoms in total. The molecule has 0 bridgehead atoms. The van der Waals surface area contributed by atoms with Crippen molar-refractivity contribution >= 4 is 5.69 Å². The van der Waals surface area contributed by atoms with Crippen LogP contribution in [0.5, 0.6) is 0 Å². The van der Waals surface area contributed by atoms with Gasteiger partial charge in [0, 0.05) is 18.2 Å². The van der Waals surface area contributed by atoms with Crippen LogP contribution in [0.3, 0.4) is 0 Å². The summed E-state index contributed by atoms with van der Waals surface area (Å²) < 4.78 is 0. The number of non-ortho nitro benzene ring substituents is 1. The Hall–Kier alpha value is -1.42. The van der Waals surface area contributed by atoms with Crippen molar-refractivity contribution in [2.45, 2.75) is 45.1 Å². The molecule has 0 saturated heterocycles. The van der Waals surface area contributed by atoms with Crippen LogP contribution in [0.4, 0.5) is 5.69 Å². The normalized spacial score (nSPS) is 27.2. The first-order chi connectivity index (χ1) is 9.10. The van der Waals surface area contributed by atoms with Crippen LogP contribution in [-0.4, -0.2) is 11.0 Å². The predicted octanol–water partition coefficient (Wildman–Crippen LogP) is 3.29. The number of rotatable bonds is 4. The summed E-state index contributed by atoms with van der Waals surface area (Å²) in [6, 6.07) is 7.19. The van der Waals surface area contributed by atoms with Crippen LogP contribution in [0.25, 0.3) is 0 Å². The fraction of sp³-hybridized carbons (Fsp3) is 0.600. The van der Waals surface area contributed by atoms with E-state index in [1.54, 1.807) is 18.2 Å². The molecule has 0 aromatic heterocycles. The first kappa shape index (κ1) is 14.0. The third kappa shape index (κ3) is 3.53. The molecule has 3 atom stereocenters. The highest BCUT2D eigenvalue weighted by molar-refractivity contribution is 5.34. The van der Waals surface area contributed by atoms with E-state index < -0.39 is 0 Å². The molecule has 4 heteroatoms. The molecular formula is C15H22N2O2. The number of benzene rings is 1. The summed E-state index contributed by atoms with van der Waals surface area (Å²) in [7, 11) is 0. The minimum Gasteiger partial charge on any atom is -0.327 e. The van der Waals surface area contributed by atoms with Crippen molar-refractivity contribution < 1.29 is 4.92 Å². The standard InChI is InChI=1S/C15H22N2O2/c1-2-11-6-7-15(16)13(8-11)9-12-4-3-5-14(10-12)17(18)19/h3-5,10-11,13,15H,2,6-9,16H2,1H3. The van der Waals surface area contributed by atoms with Gasteiger partial charge >= 0.3 is 0 Å². The fourth-order valence-electron chi connectivity index (χ4n) is 3.09. The van der Waals surface area contributed by atoms with E-state index in [1.165, 1.54) is 12.8 Å². The minimum atomic E-state index is -0.334. The second-order valence-electron chi connectivity index (χ2n) is 5.64. The number of nitro benzene ring substituents is 1. The lowest BCUT2D eigenvalue weighted by Gasteiger charge is -2.33. The van der Waals surface area contributed by atoms with Gasteiger partial charge in [-0.1, -0.05) is 25.5 Å². The molecule has 1 aliphatic rings. The summed E-state index contributed by atoms with van der Waals surface area (Å²) in [4.78, 5) is 10.5. The summed E-state index contributed by atoms with van der Waals surface area (Å²) in [5.41, 5.74) is 7.42. The van der Waals surface area contributed by atoms with E-state index in [0.717, 1.165) is 30.7 Å². The summed E-state index contributed by atoms with van der Waals surface area (Å²) >= 11 is 0. The largest absolute Gasteiger partial charge is 0.327 e.